The Kier molecular flexibility index (Phi) is 6.11. The zero-order valence-electron chi connectivity index (χ0n) is 13.8. The number of nitrogens with one attached hydrogen (secondary N) is 1. The van der Waals surface area contributed by atoms with E-state index in [1.54, 1.807) is 23.5 Å². The van der Waals surface area contributed by atoms with E-state index in [1.807, 2.05) is 0 Å². The number of rotatable bonds is 5. The van der Waals surface area contributed by atoms with Crippen molar-refractivity contribution in [3.8, 4) is 0 Å². The molecule has 2 amide bonds. The van der Waals surface area contributed by atoms with E-state index in [0.717, 1.165) is 17.0 Å². The van der Waals surface area contributed by atoms with Crippen LogP contribution in [0.3, 0.4) is 0 Å². The van der Waals surface area contributed by atoms with Crippen molar-refractivity contribution in [3.05, 3.63) is 59.7 Å². The molecule has 0 fully saturated rings. The van der Waals surface area contributed by atoms with Crippen molar-refractivity contribution >= 4 is 23.2 Å². The van der Waals surface area contributed by atoms with Crippen molar-refractivity contribution in [2.75, 3.05) is 23.9 Å². The molecule has 2 rings (SSSR count). The fourth-order valence-corrected chi connectivity index (χ4v) is 2.12. The van der Waals surface area contributed by atoms with Crippen LogP contribution in [-0.2, 0) is 9.53 Å². The Balaban J connectivity index is 2.24. The molecular weight excluding hydrogens is 375 g/mol. The summed E-state index contributed by atoms with van der Waals surface area (Å²) < 4.78 is 67.5. The van der Waals surface area contributed by atoms with Crippen LogP contribution >= 0.6 is 0 Å². The number of benzene rings is 2. The Labute approximate surface area is 150 Å². The number of nitrogens with zero attached hydrogens (tertiary/aromatic N) is 1. The first-order valence-corrected chi connectivity index (χ1v) is 7.42. The van der Waals surface area contributed by atoms with Gasteiger partial charge in [0.2, 0.25) is 0 Å². The molecule has 0 heterocycles. The number of ether oxygens (including phenoxy) is 1. The maximum absolute atomic E-state index is 14.6. The van der Waals surface area contributed by atoms with Gasteiger partial charge in [-0.1, -0.05) is 18.2 Å². The van der Waals surface area contributed by atoms with Crippen LogP contribution in [0.15, 0.2) is 42.5 Å². The second-order valence-corrected chi connectivity index (χ2v) is 5.27. The van der Waals surface area contributed by atoms with E-state index in [-0.39, 0.29) is 11.3 Å². The molecule has 0 saturated carbocycles. The first kappa shape index (κ1) is 20.3. The number of carbonyl (C=O) groups is 2. The van der Waals surface area contributed by atoms with E-state index in [2.05, 4.69) is 4.74 Å². The van der Waals surface area contributed by atoms with E-state index in [4.69, 9.17) is 0 Å². The van der Waals surface area contributed by atoms with Crippen molar-refractivity contribution in [2.45, 2.75) is 6.36 Å². The third-order valence-corrected chi connectivity index (χ3v) is 3.39. The number of hydrogen-bond acceptors (Lipinski definition) is 3. The van der Waals surface area contributed by atoms with Crippen molar-refractivity contribution in [1.29, 1.82) is 0 Å². The van der Waals surface area contributed by atoms with Gasteiger partial charge in [0.05, 0.1) is 5.69 Å². The van der Waals surface area contributed by atoms with Gasteiger partial charge in [0.1, 0.15) is 18.1 Å². The molecule has 0 aliphatic carbocycles. The van der Waals surface area contributed by atoms with E-state index < -0.39 is 42.1 Å². The topological polar surface area (TPSA) is 58.6 Å². The third-order valence-electron chi connectivity index (χ3n) is 3.39. The lowest BCUT2D eigenvalue weighted by molar-refractivity contribution is -0.320. The normalized spacial score (nSPS) is 11.2. The third kappa shape index (κ3) is 5.23. The molecule has 0 aliphatic rings. The highest BCUT2D eigenvalue weighted by atomic mass is 19.4. The summed E-state index contributed by atoms with van der Waals surface area (Å²) in [6.07, 6.45) is -5.07. The van der Waals surface area contributed by atoms with E-state index in [9.17, 15) is 31.5 Å². The minimum atomic E-state index is -5.07. The lowest BCUT2D eigenvalue weighted by Gasteiger charge is -2.20. The zero-order valence-corrected chi connectivity index (χ0v) is 13.8. The Bertz CT molecular complexity index is 840. The fraction of sp³-hybridized carbons (Fsp3) is 0.176. The maximum Gasteiger partial charge on any atom is 0.523 e. The van der Waals surface area contributed by atoms with Crippen LogP contribution in [0.25, 0.3) is 0 Å². The molecule has 144 valence electrons. The van der Waals surface area contributed by atoms with Crippen LogP contribution in [0.4, 0.5) is 33.3 Å². The lowest BCUT2D eigenvalue weighted by atomic mass is 10.1. The Hall–Kier alpha value is -3.01. The predicted molar refractivity (Wildman–Crippen MR) is 86.2 cm³/mol. The van der Waals surface area contributed by atoms with Crippen molar-refractivity contribution in [1.82, 2.24) is 0 Å². The van der Waals surface area contributed by atoms with Gasteiger partial charge >= 0.3 is 6.36 Å². The van der Waals surface area contributed by atoms with Gasteiger partial charge in [-0.05, 0) is 24.3 Å². The first-order chi connectivity index (χ1) is 12.6. The van der Waals surface area contributed by atoms with Crippen LogP contribution < -0.4 is 10.2 Å². The SMILES string of the molecule is CN(C(=O)c1ccccc1)c1ccc(F)c(NC(=O)COC(F)(F)F)c1F. The van der Waals surface area contributed by atoms with Crippen molar-refractivity contribution < 1.29 is 36.3 Å². The average molecular weight is 388 g/mol. The van der Waals surface area contributed by atoms with Gasteiger partial charge in [0.15, 0.2) is 5.82 Å². The summed E-state index contributed by atoms with van der Waals surface area (Å²) >= 11 is 0. The molecule has 5 nitrogen and oxygen atoms in total. The molecule has 0 aromatic heterocycles. The van der Waals surface area contributed by atoms with Crippen LogP contribution in [0, 0.1) is 11.6 Å². The van der Waals surface area contributed by atoms with Crippen LogP contribution in [0.2, 0.25) is 0 Å². The molecule has 0 unspecified atom stereocenters. The second kappa shape index (κ2) is 8.12. The van der Waals surface area contributed by atoms with E-state index >= 15 is 0 Å². The summed E-state index contributed by atoms with van der Waals surface area (Å²) in [7, 11) is 1.23. The second-order valence-electron chi connectivity index (χ2n) is 5.27. The standard InChI is InChI=1S/C17H13F5N2O3/c1-24(16(26)10-5-3-2-4-6-10)12-8-7-11(18)15(14(12)19)23-13(25)9-27-17(20,21)22/h2-8H,9H2,1H3,(H,23,25). The fourth-order valence-electron chi connectivity index (χ4n) is 2.12. The van der Waals surface area contributed by atoms with Crippen LogP contribution in [0.1, 0.15) is 10.4 Å². The zero-order chi connectivity index (χ0) is 20.2. The minimum absolute atomic E-state index is 0.230. The summed E-state index contributed by atoms with van der Waals surface area (Å²) in [5.41, 5.74) is -1.14. The number of amides is 2. The molecule has 1 N–H and O–H groups in total. The summed E-state index contributed by atoms with van der Waals surface area (Å²) in [5.74, 6) is -4.57. The number of alkyl halides is 3. The molecule has 0 bridgehead atoms. The molecular formula is C17H13F5N2O3. The largest absolute Gasteiger partial charge is 0.523 e. The highest BCUT2D eigenvalue weighted by molar-refractivity contribution is 6.06. The lowest BCUT2D eigenvalue weighted by Crippen LogP contribution is -2.28. The summed E-state index contributed by atoms with van der Waals surface area (Å²) in [6.45, 7) is -1.48. The van der Waals surface area contributed by atoms with Crippen molar-refractivity contribution in [3.63, 3.8) is 0 Å². The summed E-state index contributed by atoms with van der Waals surface area (Å²) in [5, 5.41) is 1.67. The highest BCUT2D eigenvalue weighted by Crippen LogP contribution is 2.29. The Morgan fingerprint density at radius 2 is 1.70 bits per heavy atom. The predicted octanol–water partition coefficient (Wildman–Crippen LogP) is 3.72. The van der Waals surface area contributed by atoms with Gasteiger partial charge < -0.3 is 10.2 Å². The van der Waals surface area contributed by atoms with Gasteiger partial charge in [-0.25, -0.2) is 8.78 Å². The first-order valence-electron chi connectivity index (χ1n) is 7.42. The average Bonchev–Trinajstić information content (AvgIpc) is 2.62. The highest BCUT2D eigenvalue weighted by Gasteiger charge is 2.30. The molecule has 10 heteroatoms. The van der Waals surface area contributed by atoms with E-state index in [0.29, 0.717) is 0 Å². The van der Waals surface area contributed by atoms with Gasteiger partial charge in [0, 0.05) is 12.6 Å². The number of anilines is 2. The van der Waals surface area contributed by atoms with Gasteiger partial charge in [0.25, 0.3) is 11.8 Å². The number of halogens is 5. The van der Waals surface area contributed by atoms with Crippen LogP contribution in [0.5, 0.6) is 0 Å². The molecule has 2 aromatic rings. The molecule has 0 radical (unpaired) electrons. The molecule has 0 atom stereocenters. The Morgan fingerprint density at radius 1 is 1.07 bits per heavy atom. The minimum Gasteiger partial charge on any atom is -0.319 e. The van der Waals surface area contributed by atoms with Gasteiger partial charge in [-0.15, -0.1) is 13.2 Å². The quantitative estimate of drug-likeness (QED) is 0.795. The number of carbonyl (C=O) groups excluding carboxylic acids is 2. The molecule has 0 saturated heterocycles. The summed E-state index contributed by atoms with van der Waals surface area (Å²) in [6, 6.07) is 9.56. The van der Waals surface area contributed by atoms with Gasteiger partial charge in [-0.3, -0.25) is 14.3 Å². The van der Waals surface area contributed by atoms with E-state index in [1.165, 1.54) is 19.2 Å². The van der Waals surface area contributed by atoms with Crippen molar-refractivity contribution in [2.24, 2.45) is 0 Å². The van der Waals surface area contributed by atoms with Crippen LogP contribution in [-0.4, -0.2) is 31.8 Å². The molecule has 2 aromatic carbocycles. The van der Waals surface area contributed by atoms with Gasteiger partial charge in [-0.2, -0.15) is 0 Å². The summed E-state index contributed by atoms with van der Waals surface area (Å²) in [4.78, 5) is 24.7. The maximum atomic E-state index is 14.6. The monoisotopic (exact) mass is 388 g/mol. The molecule has 27 heavy (non-hydrogen) atoms. The Morgan fingerprint density at radius 3 is 2.30 bits per heavy atom. The number of hydrogen-bond donors (Lipinski definition) is 1. The molecule has 0 aliphatic heterocycles. The molecule has 0 spiro atoms. The smallest absolute Gasteiger partial charge is 0.319 e.